The first kappa shape index (κ1) is 20.6. The highest BCUT2D eigenvalue weighted by Crippen LogP contribution is 2.36. The van der Waals surface area contributed by atoms with Crippen LogP contribution in [0.1, 0.15) is 30.0 Å². The van der Waals surface area contributed by atoms with Crippen molar-refractivity contribution in [1.82, 2.24) is 0 Å². The van der Waals surface area contributed by atoms with Crippen LogP contribution in [-0.4, -0.2) is 11.1 Å². The van der Waals surface area contributed by atoms with Gasteiger partial charge in [-0.15, -0.1) is 0 Å². The van der Waals surface area contributed by atoms with Crippen molar-refractivity contribution in [1.29, 1.82) is 0 Å². The van der Waals surface area contributed by atoms with E-state index in [1.165, 1.54) is 30.3 Å². The normalized spacial score (nSPS) is 14.1. The van der Waals surface area contributed by atoms with E-state index in [9.17, 15) is 23.1 Å². The number of hydrogen-bond acceptors (Lipinski definition) is 2. The highest BCUT2D eigenvalue weighted by Gasteiger charge is 2.40. The molecule has 0 fully saturated rings. The molecule has 0 radical (unpaired) electrons. The molecule has 0 aliphatic heterocycles. The number of ether oxygens (including phenoxy) is 1. The van der Waals surface area contributed by atoms with Gasteiger partial charge in [0.2, 0.25) is 0 Å². The molecule has 2 aromatic rings. The molecule has 0 saturated carbocycles. The van der Waals surface area contributed by atoms with Gasteiger partial charge in [-0.05, 0) is 41.8 Å². The van der Waals surface area contributed by atoms with Gasteiger partial charge in [0.15, 0.2) is 5.60 Å². The first-order valence-corrected chi connectivity index (χ1v) is 8.34. The largest absolute Gasteiger partial charge is 0.479 e. The number of hydrogen-bond donors (Lipinski definition) is 1. The van der Waals surface area contributed by atoms with Crippen LogP contribution < -0.4 is 0 Å². The molecule has 0 spiro atoms. The van der Waals surface area contributed by atoms with Crippen LogP contribution in [0.15, 0.2) is 42.5 Å². The molecule has 0 heterocycles. The van der Waals surface area contributed by atoms with E-state index in [1.807, 2.05) is 0 Å². The number of carbonyl (C=O) groups is 1. The van der Waals surface area contributed by atoms with E-state index in [4.69, 9.17) is 27.9 Å². The third-order valence-corrected chi connectivity index (χ3v) is 4.56. The summed E-state index contributed by atoms with van der Waals surface area (Å²) in [5.74, 6) is -1.24. The van der Waals surface area contributed by atoms with Crippen LogP contribution in [-0.2, 0) is 27.9 Å². The van der Waals surface area contributed by atoms with Crippen molar-refractivity contribution in [3.8, 4) is 0 Å². The van der Waals surface area contributed by atoms with Crippen LogP contribution in [0.3, 0.4) is 0 Å². The second kappa shape index (κ2) is 7.86. The van der Waals surface area contributed by atoms with E-state index < -0.39 is 28.3 Å². The maximum Gasteiger partial charge on any atom is 0.417 e. The molecule has 8 heteroatoms. The SMILES string of the molecule is CCC(OCc1ccc(Cl)c(C(F)(F)F)c1)(C(=O)O)c1ccc(Cl)cc1. The molecule has 1 N–H and O–H groups in total. The van der Waals surface area contributed by atoms with Crippen LogP contribution >= 0.6 is 23.2 Å². The Morgan fingerprint density at radius 2 is 1.73 bits per heavy atom. The summed E-state index contributed by atoms with van der Waals surface area (Å²) in [6.45, 7) is 1.29. The third-order valence-electron chi connectivity index (χ3n) is 3.98. The van der Waals surface area contributed by atoms with Crippen molar-refractivity contribution in [2.75, 3.05) is 0 Å². The quantitative estimate of drug-likeness (QED) is 0.647. The monoisotopic (exact) mass is 406 g/mol. The van der Waals surface area contributed by atoms with Crippen LogP contribution in [0, 0.1) is 0 Å². The van der Waals surface area contributed by atoms with Gasteiger partial charge in [0, 0.05) is 5.02 Å². The van der Waals surface area contributed by atoms with Gasteiger partial charge in [0.1, 0.15) is 0 Å². The summed E-state index contributed by atoms with van der Waals surface area (Å²) in [6, 6.07) is 9.41. The van der Waals surface area contributed by atoms with Crippen LogP contribution in [0.25, 0.3) is 0 Å². The molecule has 0 bridgehead atoms. The molecule has 1 unspecified atom stereocenters. The lowest BCUT2D eigenvalue weighted by molar-refractivity contribution is -0.170. The van der Waals surface area contributed by atoms with Crippen LogP contribution in [0.2, 0.25) is 10.0 Å². The zero-order valence-electron chi connectivity index (χ0n) is 13.6. The summed E-state index contributed by atoms with van der Waals surface area (Å²) in [5.41, 5.74) is -2.19. The molecule has 26 heavy (non-hydrogen) atoms. The van der Waals surface area contributed by atoms with Gasteiger partial charge in [-0.25, -0.2) is 4.79 Å². The third kappa shape index (κ3) is 4.31. The lowest BCUT2D eigenvalue weighted by Crippen LogP contribution is -2.38. The molecule has 140 valence electrons. The summed E-state index contributed by atoms with van der Waals surface area (Å²) in [6.07, 6.45) is -4.54. The van der Waals surface area contributed by atoms with E-state index >= 15 is 0 Å². The number of carboxylic acid groups (broad SMARTS) is 1. The summed E-state index contributed by atoms with van der Waals surface area (Å²) in [5, 5.41) is 9.69. The van der Waals surface area contributed by atoms with Gasteiger partial charge >= 0.3 is 12.1 Å². The van der Waals surface area contributed by atoms with Gasteiger partial charge in [0.25, 0.3) is 0 Å². The Kier molecular flexibility index (Phi) is 6.21. The molecule has 1 atom stereocenters. The second-order valence-electron chi connectivity index (χ2n) is 5.59. The van der Waals surface area contributed by atoms with Gasteiger partial charge < -0.3 is 9.84 Å². The smallest absolute Gasteiger partial charge is 0.417 e. The lowest BCUT2D eigenvalue weighted by atomic mass is 9.91. The van der Waals surface area contributed by atoms with E-state index in [0.717, 1.165) is 12.1 Å². The molecule has 0 aliphatic rings. The maximum absolute atomic E-state index is 13.0. The van der Waals surface area contributed by atoms with E-state index in [1.54, 1.807) is 6.92 Å². The summed E-state index contributed by atoms with van der Waals surface area (Å²) < 4.78 is 44.5. The van der Waals surface area contributed by atoms with Crippen molar-refractivity contribution in [3.63, 3.8) is 0 Å². The van der Waals surface area contributed by atoms with Gasteiger partial charge in [-0.2, -0.15) is 13.2 Å². The average molecular weight is 407 g/mol. The van der Waals surface area contributed by atoms with Gasteiger partial charge in [-0.1, -0.05) is 48.3 Å². The molecule has 3 nitrogen and oxygen atoms in total. The highest BCUT2D eigenvalue weighted by atomic mass is 35.5. The van der Waals surface area contributed by atoms with Gasteiger partial charge in [0.05, 0.1) is 17.2 Å². The number of alkyl halides is 3. The maximum atomic E-state index is 13.0. The molecule has 2 rings (SSSR count). The van der Waals surface area contributed by atoms with Crippen molar-refractivity contribution >= 4 is 29.2 Å². The Morgan fingerprint density at radius 3 is 2.23 bits per heavy atom. The summed E-state index contributed by atoms with van der Waals surface area (Å²) >= 11 is 11.4. The highest BCUT2D eigenvalue weighted by molar-refractivity contribution is 6.31. The summed E-state index contributed by atoms with van der Waals surface area (Å²) in [7, 11) is 0. The predicted octanol–water partition coefficient (Wildman–Crippen LogP) is 5.92. The fourth-order valence-electron chi connectivity index (χ4n) is 2.53. The first-order chi connectivity index (χ1) is 12.1. The van der Waals surface area contributed by atoms with Crippen molar-refractivity contribution in [2.45, 2.75) is 31.7 Å². The molecular formula is C18H15Cl2F3O3. The minimum absolute atomic E-state index is 0.0731. The molecular weight excluding hydrogens is 392 g/mol. The number of carboxylic acids is 1. The Labute approximate surface area is 158 Å². The number of aliphatic carboxylic acids is 1. The van der Waals surface area contributed by atoms with Crippen LogP contribution in [0.5, 0.6) is 0 Å². The first-order valence-electron chi connectivity index (χ1n) is 7.59. The Morgan fingerprint density at radius 1 is 1.12 bits per heavy atom. The Balaban J connectivity index is 2.34. The zero-order chi connectivity index (χ0) is 19.5. The minimum Gasteiger partial charge on any atom is -0.479 e. The predicted molar refractivity (Wildman–Crippen MR) is 92.3 cm³/mol. The fourth-order valence-corrected chi connectivity index (χ4v) is 2.88. The summed E-state index contributed by atoms with van der Waals surface area (Å²) in [4.78, 5) is 11.9. The zero-order valence-corrected chi connectivity index (χ0v) is 15.1. The number of rotatable bonds is 6. The Bertz CT molecular complexity index is 791. The van der Waals surface area contributed by atoms with Crippen molar-refractivity contribution in [3.05, 3.63) is 69.2 Å². The standard InChI is InChI=1S/C18H15Cl2F3O3/c1-2-17(16(24)25,12-4-6-13(19)7-5-12)26-10-11-3-8-15(20)14(9-11)18(21,22)23/h3-9H,2,10H2,1H3,(H,24,25). The van der Waals surface area contributed by atoms with E-state index in [0.29, 0.717) is 10.6 Å². The number of halogens is 5. The number of benzene rings is 2. The molecule has 0 amide bonds. The molecule has 2 aromatic carbocycles. The van der Waals surface area contributed by atoms with Crippen LogP contribution in [0.4, 0.5) is 13.2 Å². The molecule has 0 aromatic heterocycles. The molecule has 0 aliphatic carbocycles. The van der Waals surface area contributed by atoms with Crippen molar-refractivity contribution in [2.24, 2.45) is 0 Å². The average Bonchev–Trinajstić information content (AvgIpc) is 2.57. The lowest BCUT2D eigenvalue weighted by Gasteiger charge is -2.29. The fraction of sp³-hybridized carbons (Fsp3) is 0.278. The van der Waals surface area contributed by atoms with Gasteiger partial charge in [-0.3, -0.25) is 0 Å². The van der Waals surface area contributed by atoms with E-state index in [-0.39, 0.29) is 18.6 Å². The Hall–Kier alpha value is -1.76. The topological polar surface area (TPSA) is 46.5 Å². The second-order valence-corrected chi connectivity index (χ2v) is 6.44. The van der Waals surface area contributed by atoms with E-state index in [2.05, 4.69) is 0 Å². The van der Waals surface area contributed by atoms with Crippen molar-refractivity contribution < 1.29 is 27.8 Å². The molecule has 0 saturated heterocycles. The minimum atomic E-state index is -4.61.